The summed E-state index contributed by atoms with van der Waals surface area (Å²) in [5.41, 5.74) is -0.561. The number of amides is 1. The Morgan fingerprint density at radius 2 is 1.92 bits per heavy atom. The molecule has 1 amide bonds. The number of ether oxygens (including phenoxy) is 1. The molecule has 0 radical (unpaired) electrons. The second-order valence-electron chi connectivity index (χ2n) is 6.09. The van der Waals surface area contributed by atoms with E-state index in [1.807, 2.05) is 6.07 Å². The molecule has 130 valence electrons. The van der Waals surface area contributed by atoms with E-state index in [2.05, 4.69) is 4.74 Å². The Hall–Kier alpha value is -2.57. The van der Waals surface area contributed by atoms with E-state index in [1.54, 1.807) is 24.3 Å². The summed E-state index contributed by atoms with van der Waals surface area (Å²) in [6, 6.07) is 9.04. The largest absolute Gasteiger partial charge is 0.481 e. The number of rotatable bonds is 5. The Kier molecular flexibility index (Phi) is 5.43. The molecule has 0 aromatic heterocycles. The Labute approximate surface area is 139 Å². The molecule has 2 N–H and O–H groups in total. The maximum Gasteiger partial charge on any atom is 0.407 e. The van der Waals surface area contributed by atoms with Crippen LogP contribution >= 0.6 is 0 Å². The molecule has 0 spiro atoms. The maximum absolute atomic E-state index is 12.2. The van der Waals surface area contributed by atoms with E-state index < -0.39 is 29.4 Å². The summed E-state index contributed by atoms with van der Waals surface area (Å²) in [6.07, 6.45) is -0.719. The molecule has 2 unspecified atom stereocenters. The number of hydrogen-bond acceptors (Lipinski definition) is 4. The van der Waals surface area contributed by atoms with Crippen LogP contribution in [0.2, 0.25) is 0 Å². The van der Waals surface area contributed by atoms with Crippen LogP contribution in [0.15, 0.2) is 30.3 Å². The van der Waals surface area contributed by atoms with Gasteiger partial charge in [-0.25, -0.2) is 4.79 Å². The fourth-order valence-corrected chi connectivity index (χ4v) is 3.36. The van der Waals surface area contributed by atoms with Crippen molar-refractivity contribution in [3.05, 3.63) is 35.9 Å². The molecule has 7 heteroatoms. The van der Waals surface area contributed by atoms with E-state index in [0.717, 1.165) is 10.5 Å². The zero-order valence-corrected chi connectivity index (χ0v) is 13.5. The number of carbonyl (C=O) groups excluding carboxylic acids is 1. The van der Waals surface area contributed by atoms with Gasteiger partial charge >= 0.3 is 18.0 Å². The van der Waals surface area contributed by atoms with Crippen LogP contribution in [0.25, 0.3) is 0 Å². The molecule has 24 heavy (non-hydrogen) atoms. The number of aliphatic carboxylic acids is 1. The molecule has 1 aromatic rings. The molecule has 2 rings (SSSR count). The average Bonchev–Trinajstić information content (AvgIpc) is 2.56. The number of piperidine rings is 1. The summed E-state index contributed by atoms with van der Waals surface area (Å²) in [7, 11) is 1.26. The van der Waals surface area contributed by atoms with Crippen molar-refractivity contribution in [1.29, 1.82) is 0 Å². The van der Waals surface area contributed by atoms with Crippen LogP contribution in [-0.4, -0.2) is 53.3 Å². The topological polar surface area (TPSA) is 104 Å². The summed E-state index contributed by atoms with van der Waals surface area (Å²) in [5.74, 6) is -2.06. The summed E-state index contributed by atoms with van der Waals surface area (Å²) < 4.78 is 4.69. The van der Waals surface area contributed by atoms with Crippen molar-refractivity contribution in [2.45, 2.75) is 19.3 Å². The zero-order chi connectivity index (χ0) is 17.7. The number of benzene rings is 1. The van der Waals surface area contributed by atoms with Crippen LogP contribution < -0.4 is 0 Å². The van der Waals surface area contributed by atoms with E-state index in [0.29, 0.717) is 6.42 Å². The highest BCUT2D eigenvalue weighted by molar-refractivity contribution is 5.79. The fourth-order valence-electron chi connectivity index (χ4n) is 3.36. The van der Waals surface area contributed by atoms with Gasteiger partial charge in [-0.05, 0) is 24.3 Å². The number of carboxylic acids is 1. The van der Waals surface area contributed by atoms with Gasteiger partial charge in [-0.1, -0.05) is 30.3 Å². The van der Waals surface area contributed by atoms with Gasteiger partial charge in [0.15, 0.2) is 0 Å². The third kappa shape index (κ3) is 3.67. The highest BCUT2D eigenvalue weighted by Gasteiger charge is 2.51. The fraction of sp³-hybridized carbons (Fsp3) is 0.471. The first-order valence-corrected chi connectivity index (χ1v) is 7.71. The first-order valence-electron chi connectivity index (χ1n) is 7.71. The molecule has 1 saturated heterocycles. The van der Waals surface area contributed by atoms with E-state index in [9.17, 15) is 24.6 Å². The molecule has 0 bridgehead atoms. The summed E-state index contributed by atoms with van der Waals surface area (Å²) in [4.78, 5) is 36.3. The van der Waals surface area contributed by atoms with E-state index in [4.69, 9.17) is 0 Å². The molecule has 1 aliphatic rings. The number of likely N-dealkylation sites (tertiary alicyclic amines) is 1. The Morgan fingerprint density at radius 3 is 2.46 bits per heavy atom. The van der Waals surface area contributed by atoms with Crippen LogP contribution in [0.3, 0.4) is 0 Å². The van der Waals surface area contributed by atoms with Gasteiger partial charge in [-0.2, -0.15) is 0 Å². The molecular weight excluding hydrogens is 314 g/mol. The molecule has 1 heterocycles. The second-order valence-corrected chi connectivity index (χ2v) is 6.09. The van der Waals surface area contributed by atoms with Gasteiger partial charge in [-0.3, -0.25) is 9.59 Å². The highest BCUT2D eigenvalue weighted by Crippen LogP contribution is 2.41. The standard InChI is InChI=1S/C17H21NO6/c1-24-14(19)9-13-7-8-18(16(22)23)11-17(13,15(20)21)10-12-5-3-2-4-6-12/h2-6,13H,7-11H2,1H3,(H,20,21)(H,22,23). The van der Waals surface area contributed by atoms with Crippen molar-refractivity contribution < 1.29 is 29.3 Å². The predicted octanol–water partition coefficient (Wildman–Crippen LogP) is 1.86. The minimum atomic E-state index is -1.35. The van der Waals surface area contributed by atoms with E-state index >= 15 is 0 Å². The number of methoxy groups -OCH3 is 1. The zero-order valence-electron chi connectivity index (χ0n) is 13.5. The second kappa shape index (κ2) is 7.33. The van der Waals surface area contributed by atoms with Crippen LogP contribution in [0.4, 0.5) is 4.79 Å². The number of nitrogens with zero attached hydrogens (tertiary/aromatic N) is 1. The summed E-state index contributed by atoms with van der Waals surface area (Å²) in [5, 5.41) is 19.2. The van der Waals surface area contributed by atoms with Gasteiger partial charge in [0.25, 0.3) is 0 Å². The smallest absolute Gasteiger partial charge is 0.407 e. The molecule has 2 atom stereocenters. The van der Waals surface area contributed by atoms with Crippen molar-refractivity contribution in [3.8, 4) is 0 Å². The van der Waals surface area contributed by atoms with Gasteiger partial charge in [0.05, 0.1) is 12.5 Å². The van der Waals surface area contributed by atoms with Gasteiger partial charge in [0.2, 0.25) is 0 Å². The van der Waals surface area contributed by atoms with Gasteiger partial charge in [0, 0.05) is 19.5 Å². The van der Waals surface area contributed by atoms with Crippen molar-refractivity contribution in [3.63, 3.8) is 0 Å². The highest BCUT2D eigenvalue weighted by atomic mass is 16.5. The number of esters is 1. The first-order chi connectivity index (χ1) is 11.4. The van der Waals surface area contributed by atoms with E-state index in [-0.39, 0.29) is 25.9 Å². The normalized spacial score (nSPS) is 23.5. The monoisotopic (exact) mass is 335 g/mol. The molecule has 7 nitrogen and oxygen atoms in total. The van der Waals surface area contributed by atoms with Crippen LogP contribution in [-0.2, 0) is 20.7 Å². The molecular formula is C17H21NO6. The maximum atomic E-state index is 12.2. The molecule has 0 aliphatic carbocycles. The lowest BCUT2D eigenvalue weighted by molar-refractivity contribution is -0.159. The lowest BCUT2D eigenvalue weighted by Crippen LogP contribution is -2.56. The molecule has 0 saturated carbocycles. The van der Waals surface area contributed by atoms with Crippen LogP contribution in [0, 0.1) is 11.3 Å². The first kappa shape index (κ1) is 17.8. The summed E-state index contributed by atoms with van der Waals surface area (Å²) >= 11 is 0. The lowest BCUT2D eigenvalue weighted by atomic mass is 9.66. The SMILES string of the molecule is COC(=O)CC1CCN(C(=O)O)CC1(Cc1ccccc1)C(=O)O. The molecule has 1 aromatic carbocycles. The quantitative estimate of drug-likeness (QED) is 0.796. The Morgan fingerprint density at radius 1 is 1.25 bits per heavy atom. The minimum Gasteiger partial charge on any atom is -0.481 e. The number of hydrogen-bond donors (Lipinski definition) is 2. The summed E-state index contributed by atoms with van der Waals surface area (Å²) in [6.45, 7) is 0.0645. The molecule has 1 fully saturated rings. The third-order valence-corrected chi connectivity index (χ3v) is 4.70. The predicted molar refractivity (Wildman–Crippen MR) is 84.6 cm³/mol. The minimum absolute atomic E-state index is 0.0386. The lowest BCUT2D eigenvalue weighted by Gasteiger charge is -2.44. The van der Waals surface area contributed by atoms with E-state index in [1.165, 1.54) is 7.11 Å². The number of carbonyl (C=O) groups is 3. The van der Waals surface area contributed by atoms with Gasteiger partial charge in [-0.15, -0.1) is 0 Å². The average molecular weight is 335 g/mol. The number of carboxylic acid groups (broad SMARTS) is 2. The van der Waals surface area contributed by atoms with Crippen LogP contribution in [0.5, 0.6) is 0 Å². The Bertz CT molecular complexity index is 617. The van der Waals surface area contributed by atoms with Crippen molar-refractivity contribution in [2.24, 2.45) is 11.3 Å². The van der Waals surface area contributed by atoms with Crippen LogP contribution in [0.1, 0.15) is 18.4 Å². The van der Waals surface area contributed by atoms with Crippen molar-refractivity contribution >= 4 is 18.0 Å². The van der Waals surface area contributed by atoms with Crippen molar-refractivity contribution in [1.82, 2.24) is 4.90 Å². The Balaban J connectivity index is 2.38. The third-order valence-electron chi connectivity index (χ3n) is 4.70. The molecule has 1 aliphatic heterocycles. The van der Waals surface area contributed by atoms with Crippen molar-refractivity contribution in [2.75, 3.05) is 20.2 Å². The van der Waals surface area contributed by atoms with Gasteiger partial charge in [0.1, 0.15) is 0 Å². The van der Waals surface area contributed by atoms with Gasteiger partial charge < -0.3 is 19.8 Å².